The summed E-state index contributed by atoms with van der Waals surface area (Å²) in [5.41, 5.74) is 2.46. The quantitative estimate of drug-likeness (QED) is 0.616. The van der Waals surface area contributed by atoms with Crippen LogP contribution in [0.25, 0.3) is 0 Å². The van der Waals surface area contributed by atoms with Gasteiger partial charge in [0.25, 0.3) is 0 Å². The second-order valence-corrected chi connectivity index (χ2v) is 6.00. The molecule has 0 bridgehead atoms. The fourth-order valence-electron chi connectivity index (χ4n) is 2.96. The van der Waals surface area contributed by atoms with Gasteiger partial charge < -0.3 is 19.7 Å². The lowest BCUT2D eigenvalue weighted by Gasteiger charge is -2.34. The summed E-state index contributed by atoms with van der Waals surface area (Å²) in [6, 6.07) is 8.55. The number of hydrogen-bond donors (Lipinski definition) is 1. The molecule has 0 amide bonds. The molecule has 0 aliphatic carbocycles. The summed E-state index contributed by atoms with van der Waals surface area (Å²) in [6.45, 7) is 9.09. The van der Waals surface area contributed by atoms with Crippen LogP contribution in [0.2, 0.25) is 0 Å². The third kappa shape index (κ3) is 5.80. The van der Waals surface area contributed by atoms with Crippen LogP contribution < -0.4 is 5.32 Å². The minimum Gasteiger partial charge on any atom is -0.378 e. The van der Waals surface area contributed by atoms with Crippen molar-refractivity contribution < 1.29 is 9.47 Å². The third-order valence-electron chi connectivity index (χ3n) is 4.30. The zero-order valence-electron chi connectivity index (χ0n) is 15.3. The molecule has 0 aromatic heterocycles. The molecular weight excluding hydrogens is 302 g/mol. The smallest absolute Gasteiger partial charge is 0.193 e. The lowest BCUT2D eigenvalue weighted by molar-refractivity contribution is 0.0263. The number of hydrogen-bond acceptors (Lipinski definition) is 3. The van der Waals surface area contributed by atoms with E-state index < -0.39 is 0 Å². The Morgan fingerprint density at radius 3 is 2.38 bits per heavy atom. The van der Waals surface area contributed by atoms with Crippen molar-refractivity contribution >= 4 is 5.96 Å². The maximum atomic E-state index is 5.72. The van der Waals surface area contributed by atoms with E-state index in [2.05, 4.69) is 46.4 Å². The molecule has 0 saturated carbocycles. The summed E-state index contributed by atoms with van der Waals surface area (Å²) in [5.74, 6) is 0.975. The molecule has 0 spiro atoms. The molecule has 1 saturated heterocycles. The number of rotatable bonds is 7. The molecule has 1 aromatic carbocycles. The second kappa shape index (κ2) is 10.3. The van der Waals surface area contributed by atoms with Crippen LogP contribution in [0.4, 0.5) is 0 Å². The molecular formula is C19H31N3O2. The first-order chi connectivity index (χ1) is 11.8. The highest BCUT2D eigenvalue weighted by Crippen LogP contribution is 2.14. The fraction of sp³-hybridized carbons (Fsp3) is 0.632. The fourth-order valence-corrected chi connectivity index (χ4v) is 2.96. The van der Waals surface area contributed by atoms with Crippen LogP contribution in [0.15, 0.2) is 29.3 Å². The van der Waals surface area contributed by atoms with Crippen molar-refractivity contribution in [2.24, 2.45) is 4.99 Å². The van der Waals surface area contributed by atoms with Gasteiger partial charge in [0.1, 0.15) is 0 Å². The van der Waals surface area contributed by atoms with Gasteiger partial charge in [0.2, 0.25) is 0 Å². The largest absolute Gasteiger partial charge is 0.378 e. The topological polar surface area (TPSA) is 46.1 Å². The molecule has 1 fully saturated rings. The van der Waals surface area contributed by atoms with Crippen LogP contribution in [0, 0.1) is 0 Å². The zero-order chi connectivity index (χ0) is 17.2. The number of nitrogens with zero attached hydrogens (tertiary/aromatic N) is 2. The highest BCUT2D eigenvalue weighted by Gasteiger charge is 2.21. The van der Waals surface area contributed by atoms with Crippen molar-refractivity contribution in [3.05, 3.63) is 35.4 Å². The normalized spacial score (nSPS) is 16.5. The van der Waals surface area contributed by atoms with Gasteiger partial charge in [0, 0.05) is 39.9 Å². The molecule has 5 nitrogen and oxygen atoms in total. The molecule has 24 heavy (non-hydrogen) atoms. The lowest BCUT2D eigenvalue weighted by atomic mass is 10.1. The zero-order valence-corrected chi connectivity index (χ0v) is 15.3. The van der Waals surface area contributed by atoms with E-state index in [0.717, 1.165) is 51.6 Å². The van der Waals surface area contributed by atoms with Gasteiger partial charge in [-0.15, -0.1) is 0 Å². The molecule has 1 heterocycles. The first-order valence-electron chi connectivity index (χ1n) is 8.99. The molecule has 1 aliphatic rings. The molecule has 1 aromatic rings. The van der Waals surface area contributed by atoms with Gasteiger partial charge in [-0.05, 0) is 37.8 Å². The lowest BCUT2D eigenvalue weighted by Crippen LogP contribution is -2.46. The number of benzene rings is 1. The molecule has 5 heteroatoms. The van der Waals surface area contributed by atoms with Crippen molar-refractivity contribution in [2.45, 2.75) is 45.9 Å². The number of aliphatic imine (C=N–C) groups is 1. The molecule has 1 N–H and O–H groups in total. The van der Waals surface area contributed by atoms with Crippen molar-refractivity contribution in [1.29, 1.82) is 0 Å². The van der Waals surface area contributed by atoms with Gasteiger partial charge in [-0.2, -0.15) is 0 Å². The minimum atomic E-state index is 0.405. The molecule has 134 valence electrons. The highest BCUT2D eigenvalue weighted by atomic mass is 16.5. The Morgan fingerprint density at radius 2 is 1.79 bits per heavy atom. The van der Waals surface area contributed by atoms with Gasteiger partial charge in [0.15, 0.2) is 5.96 Å². The first-order valence-corrected chi connectivity index (χ1v) is 8.99. The predicted octanol–water partition coefficient (Wildman–Crippen LogP) is 2.80. The first kappa shape index (κ1) is 18.7. The summed E-state index contributed by atoms with van der Waals surface area (Å²) < 4.78 is 11.1. The van der Waals surface area contributed by atoms with Crippen LogP contribution in [0.1, 0.15) is 37.8 Å². The van der Waals surface area contributed by atoms with E-state index in [-0.39, 0.29) is 0 Å². The van der Waals surface area contributed by atoms with E-state index in [1.165, 1.54) is 11.1 Å². The molecule has 0 radical (unpaired) electrons. The summed E-state index contributed by atoms with van der Waals surface area (Å²) in [4.78, 5) is 6.74. The van der Waals surface area contributed by atoms with Crippen molar-refractivity contribution in [2.75, 3.05) is 33.4 Å². The average molecular weight is 333 g/mol. The average Bonchev–Trinajstić information content (AvgIpc) is 2.63. The molecule has 0 unspecified atom stereocenters. The van der Waals surface area contributed by atoms with Crippen molar-refractivity contribution in [1.82, 2.24) is 10.2 Å². The number of nitrogens with one attached hydrogen (secondary N) is 1. The number of guanidine groups is 1. The van der Waals surface area contributed by atoms with Crippen LogP contribution in [0.5, 0.6) is 0 Å². The number of piperidine rings is 1. The highest BCUT2D eigenvalue weighted by molar-refractivity contribution is 5.79. The third-order valence-corrected chi connectivity index (χ3v) is 4.30. The number of likely N-dealkylation sites (tertiary alicyclic amines) is 1. The minimum absolute atomic E-state index is 0.405. The van der Waals surface area contributed by atoms with Crippen LogP contribution in [-0.4, -0.2) is 50.3 Å². The van der Waals surface area contributed by atoms with Crippen molar-refractivity contribution in [3.8, 4) is 0 Å². The Bertz CT molecular complexity index is 494. The van der Waals surface area contributed by atoms with Gasteiger partial charge >= 0.3 is 0 Å². The van der Waals surface area contributed by atoms with Gasteiger partial charge in [-0.3, -0.25) is 4.99 Å². The maximum Gasteiger partial charge on any atom is 0.193 e. The summed E-state index contributed by atoms with van der Waals surface area (Å²) in [6.07, 6.45) is 2.55. The Hall–Kier alpha value is -1.59. The number of ether oxygens (including phenoxy) is 2. The maximum absolute atomic E-state index is 5.72. The summed E-state index contributed by atoms with van der Waals surface area (Å²) in [5, 5.41) is 3.47. The molecule has 2 rings (SSSR count). The standard InChI is InChI=1S/C19H31N3O2/c1-4-23-15-17-8-6-16(7-9-17)14-21-19(20-3)22-12-10-18(11-13-22)24-5-2/h6-9,18H,4-5,10-15H2,1-3H3,(H,20,21). The Balaban J connectivity index is 1.79. The molecule has 0 atom stereocenters. The Kier molecular flexibility index (Phi) is 8.05. The van der Waals surface area contributed by atoms with E-state index >= 15 is 0 Å². The van der Waals surface area contributed by atoms with Gasteiger partial charge in [-0.25, -0.2) is 0 Å². The summed E-state index contributed by atoms with van der Waals surface area (Å²) in [7, 11) is 1.85. The predicted molar refractivity (Wildman–Crippen MR) is 98.2 cm³/mol. The monoisotopic (exact) mass is 333 g/mol. The van der Waals surface area contributed by atoms with E-state index in [0.29, 0.717) is 12.7 Å². The van der Waals surface area contributed by atoms with Gasteiger partial charge in [0.05, 0.1) is 12.7 Å². The van der Waals surface area contributed by atoms with Crippen molar-refractivity contribution in [3.63, 3.8) is 0 Å². The Morgan fingerprint density at radius 1 is 1.12 bits per heavy atom. The second-order valence-electron chi connectivity index (χ2n) is 6.00. The Labute approximate surface area is 146 Å². The van der Waals surface area contributed by atoms with Crippen LogP contribution in [0.3, 0.4) is 0 Å². The summed E-state index contributed by atoms with van der Waals surface area (Å²) >= 11 is 0. The van der Waals surface area contributed by atoms with Gasteiger partial charge in [-0.1, -0.05) is 24.3 Å². The molecule has 1 aliphatic heterocycles. The van der Waals surface area contributed by atoms with Crippen LogP contribution >= 0.6 is 0 Å². The van der Waals surface area contributed by atoms with E-state index in [9.17, 15) is 0 Å². The van der Waals surface area contributed by atoms with E-state index in [1.54, 1.807) is 0 Å². The van der Waals surface area contributed by atoms with E-state index in [4.69, 9.17) is 9.47 Å². The van der Waals surface area contributed by atoms with E-state index in [1.807, 2.05) is 14.0 Å². The van der Waals surface area contributed by atoms with Crippen LogP contribution in [-0.2, 0) is 22.6 Å². The SMILES string of the molecule is CCOCc1ccc(CNC(=NC)N2CCC(OCC)CC2)cc1.